The van der Waals surface area contributed by atoms with Gasteiger partial charge >= 0.3 is 11.3 Å². The molecule has 0 saturated heterocycles. The molecule has 0 bridgehead atoms. The summed E-state index contributed by atoms with van der Waals surface area (Å²) in [7, 11) is 1.50. The Labute approximate surface area is 102 Å². The number of carbonyl (C=O) groups is 2. The van der Waals surface area contributed by atoms with E-state index in [0.29, 0.717) is 6.42 Å². The zero-order valence-electron chi connectivity index (χ0n) is 10.5. The molecular weight excluding hydrogens is 230 g/mol. The zero-order valence-corrected chi connectivity index (χ0v) is 11.2. The van der Waals surface area contributed by atoms with E-state index in [0.717, 1.165) is 0 Å². The SMILES string of the molecule is CC(C)CC(C(=O)OC(C)C)N(C)C(=O)Cl. The maximum atomic E-state index is 11.8. The third-order valence-corrected chi connectivity index (χ3v) is 2.33. The molecule has 0 fully saturated rings. The van der Waals surface area contributed by atoms with Gasteiger partial charge in [-0.15, -0.1) is 0 Å². The number of ether oxygens (including phenoxy) is 1. The molecule has 0 aliphatic rings. The van der Waals surface area contributed by atoms with Gasteiger partial charge in [0.25, 0.3) is 0 Å². The summed E-state index contributed by atoms with van der Waals surface area (Å²) in [5, 5.41) is -0.647. The van der Waals surface area contributed by atoms with Gasteiger partial charge in [0.1, 0.15) is 6.04 Å². The van der Waals surface area contributed by atoms with Crippen LogP contribution in [0.4, 0.5) is 4.79 Å². The molecule has 16 heavy (non-hydrogen) atoms. The minimum atomic E-state index is -0.647. The van der Waals surface area contributed by atoms with E-state index < -0.39 is 17.4 Å². The van der Waals surface area contributed by atoms with Gasteiger partial charge in [-0.2, -0.15) is 0 Å². The Hall–Kier alpha value is -0.770. The number of halogens is 1. The smallest absolute Gasteiger partial charge is 0.329 e. The lowest BCUT2D eigenvalue weighted by molar-refractivity contribution is -0.152. The summed E-state index contributed by atoms with van der Waals surface area (Å²) in [5.74, 6) is -0.122. The molecule has 0 spiro atoms. The molecule has 0 aliphatic heterocycles. The van der Waals surface area contributed by atoms with Gasteiger partial charge in [-0.25, -0.2) is 4.79 Å². The highest BCUT2D eigenvalue weighted by Gasteiger charge is 2.28. The number of rotatable bonds is 5. The van der Waals surface area contributed by atoms with Crippen molar-refractivity contribution in [3.8, 4) is 0 Å². The van der Waals surface area contributed by atoms with Gasteiger partial charge in [-0.1, -0.05) is 13.8 Å². The Morgan fingerprint density at radius 2 is 1.75 bits per heavy atom. The van der Waals surface area contributed by atoms with Crippen molar-refractivity contribution in [3.63, 3.8) is 0 Å². The number of hydrogen-bond donors (Lipinski definition) is 0. The summed E-state index contributed by atoms with van der Waals surface area (Å²) in [5.41, 5.74) is 0. The van der Waals surface area contributed by atoms with Gasteiger partial charge < -0.3 is 9.64 Å². The summed E-state index contributed by atoms with van der Waals surface area (Å²) >= 11 is 5.37. The van der Waals surface area contributed by atoms with Crippen LogP contribution in [-0.4, -0.2) is 35.4 Å². The fourth-order valence-corrected chi connectivity index (χ4v) is 1.41. The first kappa shape index (κ1) is 15.2. The quantitative estimate of drug-likeness (QED) is 0.428. The van der Waals surface area contributed by atoms with Gasteiger partial charge in [-0.05, 0) is 37.8 Å². The molecule has 0 radical (unpaired) electrons. The van der Waals surface area contributed by atoms with Crippen LogP contribution in [-0.2, 0) is 9.53 Å². The molecular formula is C11H20ClNO3. The summed E-state index contributed by atoms with van der Waals surface area (Å²) in [6, 6.07) is -0.604. The summed E-state index contributed by atoms with van der Waals surface area (Å²) in [6.07, 6.45) is 0.349. The van der Waals surface area contributed by atoms with Gasteiger partial charge in [0, 0.05) is 7.05 Å². The van der Waals surface area contributed by atoms with Crippen LogP contribution in [0.2, 0.25) is 0 Å². The van der Waals surface area contributed by atoms with Crippen molar-refractivity contribution >= 4 is 22.9 Å². The molecule has 94 valence electrons. The van der Waals surface area contributed by atoms with E-state index in [1.807, 2.05) is 13.8 Å². The Bertz CT molecular complexity index is 254. The van der Waals surface area contributed by atoms with Crippen LogP contribution in [0.3, 0.4) is 0 Å². The van der Waals surface area contributed by atoms with E-state index >= 15 is 0 Å². The first-order chi connectivity index (χ1) is 7.25. The predicted molar refractivity (Wildman–Crippen MR) is 63.5 cm³/mol. The highest BCUT2D eigenvalue weighted by Crippen LogP contribution is 2.14. The van der Waals surface area contributed by atoms with Crippen molar-refractivity contribution in [2.75, 3.05) is 7.05 Å². The van der Waals surface area contributed by atoms with Crippen molar-refractivity contribution in [3.05, 3.63) is 0 Å². The Morgan fingerprint density at radius 3 is 2.06 bits per heavy atom. The number of likely N-dealkylation sites (N-methyl/N-ethyl adjacent to an activating group) is 1. The van der Waals surface area contributed by atoms with Crippen LogP contribution in [0.25, 0.3) is 0 Å². The molecule has 0 N–H and O–H groups in total. The Morgan fingerprint density at radius 1 is 1.25 bits per heavy atom. The summed E-state index contributed by atoms with van der Waals surface area (Å²) < 4.78 is 5.09. The molecule has 1 unspecified atom stereocenters. The summed E-state index contributed by atoms with van der Waals surface area (Å²) in [4.78, 5) is 24.0. The molecule has 0 aromatic rings. The molecule has 1 atom stereocenters. The monoisotopic (exact) mass is 249 g/mol. The first-order valence-corrected chi connectivity index (χ1v) is 5.76. The molecule has 0 aromatic carbocycles. The van der Waals surface area contributed by atoms with Gasteiger partial charge in [0.2, 0.25) is 0 Å². The number of nitrogens with zero attached hydrogens (tertiary/aromatic N) is 1. The van der Waals surface area contributed by atoms with Crippen LogP contribution in [0.1, 0.15) is 34.1 Å². The molecule has 0 saturated carbocycles. The van der Waals surface area contributed by atoms with E-state index in [1.165, 1.54) is 11.9 Å². The molecule has 4 nitrogen and oxygen atoms in total. The maximum absolute atomic E-state index is 11.8. The third-order valence-electron chi connectivity index (χ3n) is 2.06. The maximum Gasteiger partial charge on any atom is 0.329 e. The fraction of sp³-hybridized carbons (Fsp3) is 0.818. The van der Waals surface area contributed by atoms with Crippen LogP contribution < -0.4 is 0 Å². The lowest BCUT2D eigenvalue weighted by atomic mass is 10.0. The summed E-state index contributed by atoms with van der Waals surface area (Å²) in [6.45, 7) is 7.49. The van der Waals surface area contributed by atoms with E-state index in [9.17, 15) is 9.59 Å². The van der Waals surface area contributed by atoms with Crippen molar-refractivity contribution in [2.45, 2.75) is 46.3 Å². The van der Waals surface area contributed by atoms with Crippen molar-refractivity contribution < 1.29 is 14.3 Å². The normalized spacial score (nSPS) is 12.8. The molecule has 1 amide bonds. The van der Waals surface area contributed by atoms with Gasteiger partial charge in [0.15, 0.2) is 0 Å². The van der Waals surface area contributed by atoms with E-state index in [2.05, 4.69) is 0 Å². The van der Waals surface area contributed by atoms with Crippen molar-refractivity contribution in [2.24, 2.45) is 5.92 Å². The molecule has 0 rings (SSSR count). The fourth-order valence-electron chi connectivity index (χ4n) is 1.29. The second kappa shape index (κ2) is 6.74. The average molecular weight is 250 g/mol. The minimum absolute atomic E-state index is 0.194. The third kappa shape index (κ3) is 5.35. The van der Waals surface area contributed by atoms with Gasteiger partial charge in [-0.3, -0.25) is 4.79 Å². The number of carbonyl (C=O) groups excluding carboxylic acids is 2. The molecule has 0 aromatic heterocycles. The van der Waals surface area contributed by atoms with E-state index in [-0.39, 0.29) is 12.0 Å². The number of amides is 1. The van der Waals surface area contributed by atoms with Crippen LogP contribution >= 0.6 is 11.6 Å². The van der Waals surface area contributed by atoms with Crippen LogP contribution in [0.15, 0.2) is 0 Å². The minimum Gasteiger partial charge on any atom is -0.461 e. The van der Waals surface area contributed by atoms with Crippen molar-refractivity contribution in [1.29, 1.82) is 0 Å². The number of esters is 1. The second-order valence-corrected chi connectivity index (χ2v) is 4.82. The van der Waals surface area contributed by atoms with Gasteiger partial charge in [0.05, 0.1) is 6.10 Å². The highest BCUT2D eigenvalue weighted by atomic mass is 35.5. The Balaban J connectivity index is 4.65. The van der Waals surface area contributed by atoms with Crippen LogP contribution in [0, 0.1) is 5.92 Å². The van der Waals surface area contributed by atoms with Crippen LogP contribution in [0.5, 0.6) is 0 Å². The van der Waals surface area contributed by atoms with Crippen molar-refractivity contribution in [1.82, 2.24) is 4.90 Å². The average Bonchev–Trinajstić information content (AvgIpc) is 2.11. The largest absolute Gasteiger partial charge is 0.461 e. The standard InChI is InChI=1S/C11H20ClNO3/c1-7(2)6-9(13(5)11(12)15)10(14)16-8(3)4/h7-9H,6H2,1-5H3. The molecule has 0 aliphatic carbocycles. The number of hydrogen-bond acceptors (Lipinski definition) is 3. The zero-order chi connectivity index (χ0) is 12.9. The lowest BCUT2D eigenvalue weighted by Gasteiger charge is -2.26. The predicted octanol–water partition coefficient (Wildman–Crippen LogP) is 2.64. The molecule has 0 heterocycles. The Kier molecular flexibility index (Phi) is 6.41. The highest BCUT2D eigenvalue weighted by molar-refractivity contribution is 6.62. The second-order valence-electron chi connectivity index (χ2n) is 4.49. The van der Waals surface area contributed by atoms with E-state index in [1.54, 1.807) is 13.8 Å². The molecule has 5 heteroatoms. The van der Waals surface area contributed by atoms with E-state index in [4.69, 9.17) is 16.3 Å². The topological polar surface area (TPSA) is 46.6 Å². The first-order valence-electron chi connectivity index (χ1n) is 5.38. The lowest BCUT2D eigenvalue weighted by Crippen LogP contribution is -2.42.